The van der Waals surface area contributed by atoms with Gasteiger partial charge in [0.2, 0.25) is 0 Å². The molecule has 2 aliphatic heterocycles. The van der Waals surface area contributed by atoms with Crippen LogP contribution < -0.4 is 10.1 Å². The van der Waals surface area contributed by atoms with Crippen molar-refractivity contribution in [1.82, 2.24) is 4.90 Å². The first-order valence-electron chi connectivity index (χ1n) is 10.2. The van der Waals surface area contributed by atoms with E-state index < -0.39 is 0 Å². The number of benzene rings is 2. The van der Waals surface area contributed by atoms with E-state index in [1.54, 1.807) is 53.4 Å². The fourth-order valence-corrected chi connectivity index (χ4v) is 5.12. The van der Waals surface area contributed by atoms with Gasteiger partial charge in [0, 0.05) is 6.61 Å². The summed E-state index contributed by atoms with van der Waals surface area (Å²) in [7, 11) is 0. The summed E-state index contributed by atoms with van der Waals surface area (Å²) >= 11 is 19.0. The number of hydrogen-bond donors (Lipinski definition) is 1. The molecule has 172 valence electrons. The number of amides is 2. The Balaban J connectivity index is 1.36. The van der Waals surface area contributed by atoms with E-state index in [1.165, 1.54) is 11.8 Å². The number of thioether (sulfide) groups is 1. The van der Waals surface area contributed by atoms with Crippen molar-refractivity contribution in [3.8, 4) is 5.75 Å². The highest BCUT2D eigenvalue weighted by molar-refractivity contribution is 8.26. The van der Waals surface area contributed by atoms with Gasteiger partial charge in [0.05, 0.1) is 33.3 Å². The van der Waals surface area contributed by atoms with Crippen molar-refractivity contribution in [1.29, 1.82) is 0 Å². The molecule has 2 fully saturated rings. The summed E-state index contributed by atoms with van der Waals surface area (Å²) in [5, 5.41) is 3.45. The Morgan fingerprint density at radius 1 is 1.27 bits per heavy atom. The second-order valence-corrected chi connectivity index (χ2v) is 9.92. The lowest BCUT2D eigenvalue weighted by Gasteiger charge is -2.18. The summed E-state index contributed by atoms with van der Waals surface area (Å²) in [6.07, 6.45) is 3.72. The molecule has 4 rings (SSSR count). The van der Waals surface area contributed by atoms with Gasteiger partial charge in [-0.2, -0.15) is 0 Å². The number of nitrogens with zero attached hydrogens (tertiary/aromatic N) is 1. The van der Waals surface area contributed by atoms with Gasteiger partial charge in [0.25, 0.3) is 11.8 Å². The van der Waals surface area contributed by atoms with Crippen LogP contribution in [0.25, 0.3) is 6.08 Å². The van der Waals surface area contributed by atoms with Gasteiger partial charge in [-0.1, -0.05) is 65.4 Å². The molecule has 1 atom stereocenters. The highest BCUT2D eigenvalue weighted by Gasteiger charge is 2.34. The standard InChI is InChI=1S/C23H20Cl2N2O4S2/c24-16-5-1-2-6-18(16)26-21(28)13-31-19-8-7-14(10-17(19)25)11-20-22(29)27(23(32)33-20)12-15-4-3-9-30-15/h1-2,5-8,10-11,15H,3-4,9,12-13H2,(H,26,28)/b20-11-/t15-/m1/s1. The smallest absolute Gasteiger partial charge is 0.266 e. The zero-order valence-corrected chi connectivity index (χ0v) is 20.5. The third-order valence-corrected chi connectivity index (χ3v) is 7.05. The topological polar surface area (TPSA) is 67.9 Å². The highest BCUT2D eigenvalue weighted by Crippen LogP contribution is 2.35. The molecule has 0 bridgehead atoms. The first-order chi connectivity index (χ1) is 15.9. The van der Waals surface area contributed by atoms with Gasteiger partial charge >= 0.3 is 0 Å². The van der Waals surface area contributed by atoms with E-state index in [2.05, 4.69) is 5.32 Å². The number of hydrogen-bond acceptors (Lipinski definition) is 6. The lowest BCUT2D eigenvalue weighted by Crippen LogP contribution is -2.35. The minimum atomic E-state index is -0.363. The second kappa shape index (κ2) is 10.9. The van der Waals surface area contributed by atoms with Gasteiger partial charge in [-0.15, -0.1) is 0 Å². The molecule has 2 aliphatic rings. The van der Waals surface area contributed by atoms with Gasteiger partial charge in [0.15, 0.2) is 6.61 Å². The van der Waals surface area contributed by atoms with Crippen LogP contribution in [0.1, 0.15) is 18.4 Å². The van der Waals surface area contributed by atoms with E-state index in [0.717, 1.165) is 25.0 Å². The first kappa shape index (κ1) is 24.0. The van der Waals surface area contributed by atoms with E-state index in [4.69, 9.17) is 44.9 Å². The summed E-state index contributed by atoms with van der Waals surface area (Å²) in [6.45, 7) is 0.974. The molecule has 2 aromatic carbocycles. The number of ether oxygens (including phenoxy) is 2. The largest absolute Gasteiger partial charge is 0.482 e. The molecule has 6 nitrogen and oxygen atoms in total. The minimum Gasteiger partial charge on any atom is -0.482 e. The number of anilines is 1. The number of carbonyl (C=O) groups excluding carboxylic acids is 2. The number of para-hydroxylation sites is 1. The molecular formula is C23H20Cl2N2O4S2. The predicted octanol–water partition coefficient (Wildman–Crippen LogP) is 5.39. The van der Waals surface area contributed by atoms with Crippen LogP contribution in [0.3, 0.4) is 0 Å². The van der Waals surface area contributed by atoms with Crippen molar-refractivity contribution >= 4 is 75.1 Å². The lowest BCUT2D eigenvalue weighted by molar-refractivity contribution is -0.123. The number of halogens is 2. The maximum atomic E-state index is 12.8. The molecule has 0 aromatic heterocycles. The maximum Gasteiger partial charge on any atom is 0.266 e. The molecule has 2 aromatic rings. The number of thiocarbonyl (C=S) groups is 1. The van der Waals surface area contributed by atoms with Crippen molar-refractivity contribution in [3.63, 3.8) is 0 Å². The molecule has 2 saturated heterocycles. The number of nitrogens with one attached hydrogen (secondary N) is 1. The monoisotopic (exact) mass is 522 g/mol. The molecule has 0 saturated carbocycles. The molecule has 0 aliphatic carbocycles. The summed E-state index contributed by atoms with van der Waals surface area (Å²) in [6, 6.07) is 12.0. The molecule has 2 amide bonds. The average Bonchev–Trinajstić information content (AvgIpc) is 3.39. The van der Waals surface area contributed by atoms with Gasteiger partial charge in [-0.25, -0.2) is 0 Å². The van der Waals surface area contributed by atoms with Gasteiger partial charge in [-0.3, -0.25) is 14.5 Å². The first-order valence-corrected chi connectivity index (χ1v) is 12.2. The SMILES string of the molecule is O=C(COc1ccc(/C=C2\SC(=S)N(C[C@H]3CCCO3)C2=O)cc1Cl)Nc1ccccc1Cl. The minimum absolute atomic E-state index is 0.0350. The van der Waals surface area contributed by atoms with Crippen molar-refractivity contribution in [2.45, 2.75) is 18.9 Å². The maximum absolute atomic E-state index is 12.8. The molecule has 0 radical (unpaired) electrons. The van der Waals surface area contributed by atoms with Crippen LogP contribution in [-0.4, -0.2) is 46.9 Å². The summed E-state index contributed by atoms with van der Waals surface area (Å²) < 4.78 is 11.7. The summed E-state index contributed by atoms with van der Waals surface area (Å²) in [5.41, 5.74) is 1.23. The van der Waals surface area contributed by atoms with Gasteiger partial charge < -0.3 is 14.8 Å². The predicted molar refractivity (Wildman–Crippen MR) is 136 cm³/mol. The van der Waals surface area contributed by atoms with Crippen LogP contribution in [0.4, 0.5) is 5.69 Å². The fourth-order valence-electron chi connectivity index (χ4n) is 3.42. The Morgan fingerprint density at radius 3 is 2.82 bits per heavy atom. The van der Waals surface area contributed by atoms with Crippen molar-refractivity contribution in [2.75, 3.05) is 25.1 Å². The number of rotatable bonds is 7. The van der Waals surface area contributed by atoms with E-state index in [9.17, 15) is 9.59 Å². The highest BCUT2D eigenvalue weighted by atomic mass is 35.5. The molecule has 2 heterocycles. The molecule has 10 heteroatoms. The third kappa shape index (κ3) is 6.07. The quantitative estimate of drug-likeness (QED) is 0.388. The molecular weight excluding hydrogens is 503 g/mol. The normalized spacial score (nSPS) is 19.4. The zero-order chi connectivity index (χ0) is 23.4. The van der Waals surface area contributed by atoms with E-state index in [0.29, 0.717) is 37.3 Å². The average molecular weight is 523 g/mol. The Hall–Kier alpha value is -2.10. The Morgan fingerprint density at radius 2 is 2.09 bits per heavy atom. The summed E-state index contributed by atoms with van der Waals surface area (Å²) in [5.74, 6) is -0.139. The second-order valence-electron chi connectivity index (χ2n) is 7.43. The van der Waals surface area contributed by atoms with Gasteiger partial charge in [-0.05, 0) is 48.7 Å². The molecule has 33 heavy (non-hydrogen) atoms. The zero-order valence-electron chi connectivity index (χ0n) is 17.4. The Bertz CT molecular complexity index is 1120. The van der Waals surface area contributed by atoms with Crippen LogP contribution in [0, 0.1) is 0 Å². The molecule has 0 unspecified atom stereocenters. The Kier molecular flexibility index (Phi) is 7.93. The van der Waals surface area contributed by atoms with Crippen LogP contribution >= 0.6 is 47.2 Å². The molecule has 0 spiro atoms. The van der Waals surface area contributed by atoms with Crippen LogP contribution in [0.2, 0.25) is 10.0 Å². The number of carbonyl (C=O) groups is 2. The van der Waals surface area contributed by atoms with Crippen LogP contribution in [0.15, 0.2) is 47.4 Å². The van der Waals surface area contributed by atoms with E-state index >= 15 is 0 Å². The molecule has 1 N–H and O–H groups in total. The summed E-state index contributed by atoms with van der Waals surface area (Å²) in [4.78, 5) is 27.1. The van der Waals surface area contributed by atoms with Crippen LogP contribution in [-0.2, 0) is 14.3 Å². The Labute approximate surface area is 211 Å². The van der Waals surface area contributed by atoms with Gasteiger partial charge in [0.1, 0.15) is 10.1 Å². The van der Waals surface area contributed by atoms with E-state index in [-0.39, 0.29) is 24.5 Å². The lowest BCUT2D eigenvalue weighted by atomic mass is 10.2. The van der Waals surface area contributed by atoms with Crippen molar-refractivity contribution in [3.05, 3.63) is 63.0 Å². The van der Waals surface area contributed by atoms with Crippen molar-refractivity contribution in [2.24, 2.45) is 0 Å². The van der Waals surface area contributed by atoms with Crippen LogP contribution in [0.5, 0.6) is 5.75 Å². The third-order valence-electron chi connectivity index (χ3n) is 5.04. The van der Waals surface area contributed by atoms with E-state index in [1.807, 2.05) is 0 Å². The fraction of sp³-hybridized carbons (Fsp3) is 0.261. The van der Waals surface area contributed by atoms with Crippen molar-refractivity contribution < 1.29 is 19.1 Å².